The van der Waals surface area contributed by atoms with Gasteiger partial charge in [0, 0.05) is 0 Å². The third-order valence-corrected chi connectivity index (χ3v) is 3.55. The summed E-state index contributed by atoms with van der Waals surface area (Å²) in [7, 11) is 0. The maximum atomic E-state index is 11.9. The van der Waals surface area contributed by atoms with Gasteiger partial charge in [-0.1, -0.05) is 0 Å². The number of hydrogen-bond acceptors (Lipinski definition) is 5. The molecule has 0 aromatic rings. The van der Waals surface area contributed by atoms with Gasteiger partial charge in [0.05, 0.1) is 6.61 Å². The number of ether oxygens (including phenoxy) is 1. The summed E-state index contributed by atoms with van der Waals surface area (Å²) in [4.78, 5) is 46.0. The summed E-state index contributed by atoms with van der Waals surface area (Å²) >= 11 is 0. The van der Waals surface area contributed by atoms with Gasteiger partial charge in [-0.15, -0.1) is 0 Å². The van der Waals surface area contributed by atoms with Crippen LogP contribution in [0.5, 0.6) is 0 Å². The molecule has 19 heavy (non-hydrogen) atoms. The fraction of sp³-hybridized carbons (Fsp3) is 0.636. The standard InChI is InChI=1S/C11H14O8/c1-2-19-9(18)11(8(16)17)5-3-4-10(11,6(12)13)7(14)15/h2-5H2,1H3,(H,12,13)(H,14,15)(H,16,17). The second-order valence-electron chi connectivity index (χ2n) is 4.30. The Morgan fingerprint density at radius 1 is 0.947 bits per heavy atom. The third kappa shape index (κ3) is 1.74. The number of carboxylic acids is 3. The average Bonchev–Trinajstić information content (AvgIpc) is 2.70. The topological polar surface area (TPSA) is 138 Å². The zero-order chi connectivity index (χ0) is 14.8. The number of carbonyl (C=O) groups excluding carboxylic acids is 1. The monoisotopic (exact) mass is 274 g/mol. The van der Waals surface area contributed by atoms with Crippen molar-refractivity contribution in [2.75, 3.05) is 6.61 Å². The van der Waals surface area contributed by atoms with Gasteiger partial charge >= 0.3 is 23.9 Å². The molecule has 1 unspecified atom stereocenters. The molecule has 0 aliphatic heterocycles. The quantitative estimate of drug-likeness (QED) is 0.469. The van der Waals surface area contributed by atoms with Crippen molar-refractivity contribution in [1.82, 2.24) is 0 Å². The number of hydrogen-bond donors (Lipinski definition) is 3. The Bertz CT molecular complexity index is 426. The molecule has 106 valence electrons. The van der Waals surface area contributed by atoms with Crippen molar-refractivity contribution >= 4 is 23.9 Å². The first-order valence-corrected chi connectivity index (χ1v) is 5.64. The highest BCUT2D eigenvalue weighted by atomic mass is 16.5. The van der Waals surface area contributed by atoms with Gasteiger partial charge in [-0.25, -0.2) is 0 Å². The molecule has 1 fully saturated rings. The van der Waals surface area contributed by atoms with Crippen LogP contribution in [0.2, 0.25) is 0 Å². The third-order valence-electron chi connectivity index (χ3n) is 3.55. The van der Waals surface area contributed by atoms with Crippen molar-refractivity contribution in [1.29, 1.82) is 0 Å². The highest BCUT2D eigenvalue weighted by Crippen LogP contribution is 2.54. The number of esters is 1. The maximum Gasteiger partial charge on any atom is 0.325 e. The van der Waals surface area contributed by atoms with Crippen molar-refractivity contribution < 1.29 is 39.2 Å². The Hall–Kier alpha value is -2.12. The molecule has 8 heteroatoms. The fourth-order valence-electron chi connectivity index (χ4n) is 2.62. The molecule has 0 saturated heterocycles. The summed E-state index contributed by atoms with van der Waals surface area (Å²) in [6.07, 6.45) is -0.799. The summed E-state index contributed by atoms with van der Waals surface area (Å²) in [5.74, 6) is -6.78. The molecule has 0 aromatic carbocycles. The van der Waals surface area contributed by atoms with Crippen molar-refractivity contribution in [3.8, 4) is 0 Å². The van der Waals surface area contributed by atoms with E-state index in [-0.39, 0.29) is 19.4 Å². The van der Waals surface area contributed by atoms with Crippen LogP contribution in [0.3, 0.4) is 0 Å². The first-order valence-electron chi connectivity index (χ1n) is 5.64. The molecule has 0 spiro atoms. The Morgan fingerprint density at radius 3 is 1.74 bits per heavy atom. The largest absolute Gasteiger partial charge is 0.480 e. The summed E-state index contributed by atoms with van der Waals surface area (Å²) in [5.41, 5.74) is -5.27. The Balaban J connectivity index is 3.52. The number of aliphatic carboxylic acids is 3. The minimum absolute atomic E-state index is 0.00368. The molecule has 8 nitrogen and oxygen atoms in total. The van der Waals surface area contributed by atoms with Gasteiger partial charge < -0.3 is 20.1 Å². The summed E-state index contributed by atoms with van der Waals surface area (Å²) in [6, 6.07) is 0. The first-order chi connectivity index (χ1) is 8.77. The fourth-order valence-corrected chi connectivity index (χ4v) is 2.62. The summed E-state index contributed by atoms with van der Waals surface area (Å²) in [5, 5.41) is 27.6. The van der Waals surface area contributed by atoms with Gasteiger partial charge in [-0.3, -0.25) is 19.2 Å². The van der Waals surface area contributed by atoms with Gasteiger partial charge in [0.2, 0.25) is 0 Å². The lowest BCUT2D eigenvalue weighted by molar-refractivity contribution is -0.193. The minimum atomic E-state index is -2.69. The molecular formula is C11H14O8. The van der Waals surface area contributed by atoms with Crippen LogP contribution in [0.1, 0.15) is 26.2 Å². The summed E-state index contributed by atoms with van der Waals surface area (Å²) in [6.45, 7) is 1.26. The Labute approximate surface area is 108 Å². The predicted octanol–water partition coefficient (Wildman–Crippen LogP) is -0.0400. The highest BCUT2D eigenvalue weighted by Gasteiger charge is 2.74. The molecule has 0 heterocycles. The minimum Gasteiger partial charge on any atom is -0.480 e. The van der Waals surface area contributed by atoms with Gasteiger partial charge in [0.1, 0.15) is 0 Å². The second kappa shape index (κ2) is 4.87. The van der Waals surface area contributed by atoms with E-state index < -0.39 is 41.1 Å². The van der Waals surface area contributed by atoms with Crippen molar-refractivity contribution in [3.05, 3.63) is 0 Å². The van der Waals surface area contributed by atoms with Crippen molar-refractivity contribution in [2.45, 2.75) is 26.2 Å². The average molecular weight is 274 g/mol. The van der Waals surface area contributed by atoms with Crippen LogP contribution in [0.15, 0.2) is 0 Å². The molecule has 1 aliphatic rings. The lowest BCUT2D eigenvalue weighted by Crippen LogP contribution is -2.58. The van der Waals surface area contributed by atoms with Crippen LogP contribution < -0.4 is 0 Å². The van der Waals surface area contributed by atoms with E-state index in [9.17, 15) is 34.5 Å². The molecule has 3 N–H and O–H groups in total. The summed E-state index contributed by atoms with van der Waals surface area (Å²) < 4.78 is 4.60. The maximum absolute atomic E-state index is 11.9. The van der Waals surface area contributed by atoms with Gasteiger partial charge in [0.15, 0.2) is 10.8 Å². The Kier molecular flexibility index (Phi) is 3.83. The van der Waals surface area contributed by atoms with E-state index in [0.717, 1.165) is 0 Å². The van der Waals surface area contributed by atoms with E-state index in [4.69, 9.17) is 0 Å². The predicted molar refractivity (Wildman–Crippen MR) is 58.3 cm³/mol. The van der Waals surface area contributed by atoms with E-state index in [1.54, 1.807) is 0 Å². The molecule has 1 rings (SSSR count). The zero-order valence-corrected chi connectivity index (χ0v) is 10.2. The van der Waals surface area contributed by atoms with E-state index in [1.165, 1.54) is 6.92 Å². The van der Waals surface area contributed by atoms with Gasteiger partial charge in [-0.05, 0) is 26.2 Å². The Morgan fingerprint density at radius 2 is 1.37 bits per heavy atom. The molecule has 0 bridgehead atoms. The van der Waals surface area contributed by atoms with Gasteiger partial charge in [0.25, 0.3) is 0 Å². The highest BCUT2D eigenvalue weighted by molar-refractivity contribution is 6.13. The van der Waals surface area contributed by atoms with Crippen molar-refractivity contribution in [2.24, 2.45) is 10.8 Å². The lowest BCUT2D eigenvalue weighted by Gasteiger charge is -2.33. The first kappa shape index (κ1) is 14.9. The van der Waals surface area contributed by atoms with E-state index >= 15 is 0 Å². The normalized spacial score (nSPS) is 24.7. The smallest absolute Gasteiger partial charge is 0.325 e. The van der Waals surface area contributed by atoms with Crippen LogP contribution in [0.4, 0.5) is 0 Å². The van der Waals surface area contributed by atoms with Gasteiger partial charge in [-0.2, -0.15) is 0 Å². The molecule has 1 saturated carbocycles. The molecule has 0 aromatic heterocycles. The molecule has 1 aliphatic carbocycles. The number of carbonyl (C=O) groups is 4. The SMILES string of the molecule is CCOC(=O)C1(C(=O)O)CCCC1(C(=O)O)C(=O)O. The van der Waals surface area contributed by atoms with Crippen LogP contribution in [0.25, 0.3) is 0 Å². The van der Waals surface area contributed by atoms with Crippen LogP contribution in [-0.2, 0) is 23.9 Å². The number of rotatable bonds is 5. The van der Waals surface area contributed by atoms with Crippen LogP contribution >= 0.6 is 0 Å². The lowest BCUT2D eigenvalue weighted by atomic mass is 9.65. The van der Waals surface area contributed by atoms with Crippen LogP contribution in [0, 0.1) is 10.8 Å². The molecule has 0 amide bonds. The second-order valence-corrected chi connectivity index (χ2v) is 4.30. The molecule has 1 atom stereocenters. The van der Waals surface area contributed by atoms with E-state index in [1.807, 2.05) is 0 Å². The van der Waals surface area contributed by atoms with E-state index in [0.29, 0.717) is 0 Å². The molecular weight excluding hydrogens is 260 g/mol. The van der Waals surface area contributed by atoms with E-state index in [2.05, 4.69) is 4.74 Å². The van der Waals surface area contributed by atoms with Crippen LogP contribution in [-0.4, -0.2) is 45.8 Å². The zero-order valence-electron chi connectivity index (χ0n) is 10.2. The van der Waals surface area contributed by atoms with Crippen molar-refractivity contribution in [3.63, 3.8) is 0 Å². The molecule has 0 radical (unpaired) electrons. The number of carboxylic acid groups (broad SMARTS) is 3.